The maximum Gasteiger partial charge on any atom is 0.263 e. The maximum absolute atomic E-state index is 12.9. The van der Waals surface area contributed by atoms with Crippen LogP contribution in [-0.2, 0) is 16.4 Å². The Morgan fingerprint density at radius 3 is 2.44 bits per heavy atom. The van der Waals surface area contributed by atoms with E-state index in [0.717, 1.165) is 37.3 Å². The predicted octanol–water partition coefficient (Wildman–Crippen LogP) is 5.16. The summed E-state index contributed by atoms with van der Waals surface area (Å²) in [5.41, 5.74) is 2.61. The van der Waals surface area contributed by atoms with Gasteiger partial charge in [0.15, 0.2) is 0 Å². The molecule has 0 saturated carbocycles. The summed E-state index contributed by atoms with van der Waals surface area (Å²) in [6.07, 6.45) is 0.768. The van der Waals surface area contributed by atoms with Crippen LogP contribution in [0.1, 0.15) is 27.9 Å². The highest BCUT2D eigenvalue weighted by molar-refractivity contribution is 7.93. The van der Waals surface area contributed by atoms with Crippen molar-refractivity contribution < 1.29 is 8.42 Å². The number of nitrogens with one attached hydrogen (secondary N) is 1. The first-order chi connectivity index (χ1) is 11.8. The number of hydrogen-bond acceptors (Lipinski definition) is 5. The van der Waals surface area contributed by atoms with E-state index in [0.29, 0.717) is 10.6 Å². The number of thiophene rings is 1. The molecule has 0 bridgehead atoms. The zero-order valence-electron chi connectivity index (χ0n) is 14.6. The first kappa shape index (κ1) is 18.1. The van der Waals surface area contributed by atoms with Gasteiger partial charge in [0.1, 0.15) is 9.90 Å². The minimum absolute atomic E-state index is 0.323. The summed E-state index contributed by atoms with van der Waals surface area (Å²) < 4.78 is 28.5. The lowest BCUT2D eigenvalue weighted by Crippen LogP contribution is -2.14. The molecule has 0 radical (unpaired) electrons. The van der Waals surface area contributed by atoms with Gasteiger partial charge in [-0.15, -0.1) is 22.7 Å². The third-order valence-electron chi connectivity index (χ3n) is 4.04. The molecule has 4 nitrogen and oxygen atoms in total. The van der Waals surface area contributed by atoms with Crippen molar-refractivity contribution in [2.45, 2.75) is 39.0 Å². The van der Waals surface area contributed by atoms with Crippen LogP contribution in [0.3, 0.4) is 0 Å². The highest BCUT2D eigenvalue weighted by atomic mass is 32.2. The van der Waals surface area contributed by atoms with Crippen molar-refractivity contribution in [2.75, 3.05) is 4.72 Å². The predicted molar refractivity (Wildman–Crippen MR) is 106 cm³/mol. The molecule has 0 saturated heterocycles. The highest BCUT2D eigenvalue weighted by Crippen LogP contribution is 2.37. The summed E-state index contributed by atoms with van der Waals surface area (Å²) in [7, 11) is -3.63. The fourth-order valence-electron chi connectivity index (χ4n) is 2.54. The van der Waals surface area contributed by atoms with Gasteiger partial charge >= 0.3 is 0 Å². The second-order valence-corrected chi connectivity index (χ2v) is 9.92. The lowest BCUT2D eigenvalue weighted by Gasteiger charge is -2.11. The van der Waals surface area contributed by atoms with Crippen LogP contribution in [0.4, 0.5) is 5.69 Å². The monoisotopic (exact) mass is 392 g/mol. The largest absolute Gasteiger partial charge is 0.279 e. The van der Waals surface area contributed by atoms with Gasteiger partial charge < -0.3 is 0 Å². The molecule has 132 valence electrons. The average molecular weight is 393 g/mol. The molecule has 0 fully saturated rings. The van der Waals surface area contributed by atoms with Crippen molar-refractivity contribution in [3.05, 3.63) is 51.3 Å². The summed E-state index contributed by atoms with van der Waals surface area (Å²) in [6, 6.07) is 9.22. The number of sulfonamides is 1. The average Bonchev–Trinajstić information content (AvgIpc) is 3.11. The van der Waals surface area contributed by atoms with Crippen LogP contribution in [-0.4, -0.2) is 13.4 Å². The number of anilines is 1. The highest BCUT2D eigenvalue weighted by Gasteiger charge is 2.22. The molecular formula is C18H20N2O2S3. The van der Waals surface area contributed by atoms with Gasteiger partial charge in [-0.05, 0) is 44.9 Å². The number of para-hydroxylation sites is 1. The number of benzene rings is 1. The van der Waals surface area contributed by atoms with Gasteiger partial charge in [0.25, 0.3) is 10.0 Å². The van der Waals surface area contributed by atoms with Crippen LogP contribution < -0.4 is 4.72 Å². The normalized spacial score (nSPS) is 11.7. The van der Waals surface area contributed by atoms with Gasteiger partial charge in [-0.1, -0.05) is 25.1 Å². The summed E-state index contributed by atoms with van der Waals surface area (Å²) in [6.45, 7) is 7.84. The quantitative estimate of drug-likeness (QED) is 0.652. The van der Waals surface area contributed by atoms with E-state index in [2.05, 4.69) is 9.71 Å². The van der Waals surface area contributed by atoms with Gasteiger partial charge in [-0.25, -0.2) is 13.4 Å². The van der Waals surface area contributed by atoms with Crippen molar-refractivity contribution in [3.8, 4) is 9.88 Å². The van der Waals surface area contributed by atoms with Crippen LogP contribution >= 0.6 is 22.7 Å². The topological polar surface area (TPSA) is 59.1 Å². The number of hydrogen-bond donors (Lipinski definition) is 1. The SMILES string of the molecule is CCc1ccccc1NS(=O)(=O)c1cc(-c2nc(C)c(C)s2)sc1C. The molecule has 1 aromatic carbocycles. The van der Waals surface area contributed by atoms with Crippen LogP contribution in [0.2, 0.25) is 0 Å². The number of rotatable bonds is 5. The summed E-state index contributed by atoms with van der Waals surface area (Å²) in [4.78, 5) is 7.68. The van der Waals surface area contributed by atoms with Crippen LogP contribution in [0.15, 0.2) is 35.2 Å². The zero-order valence-corrected chi connectivity index (χ0v) is 17.0. The first-order valence-corrected chi connectivity index (χ1v) is 11.1. The summed E-state index contributed by atoms with van der Waals surface area (Å²) in [5.74, 6) is 0. The smallest absolute Gasteiger partial charge is 0.263 e. The zero-order chi connectivity index (χ0) is 18.2. The van der Waals surface area contributed by atoms with Crippen LogP contribution in [0.5, 0.6) is 0 Å². The third kappa shape index (κ3) is 3.63. The fourth-order valence-corrected chi connectivity index (χ4v) is 6.20. The number of thiazole rings is 1. The Morgan fingerprint density at radius 1 is 1.08 bits per heavy atom. The van der Waals surface area contributed by atoms with Crippen molar-refractivity contribution in [3.63, 3.8) is 0 Å². The first-order valence-electron chi connectivity index (χ1n) is 7.97. The Bertz CT molecular complexity index is 997. The third-order valence-corrected chi connectivity index (χ3v) is 7.96. The molecule has 25 heavy (non-hydrogen) atoms. The summed E-state index contributed by atoms with van der Waals surface area (Å²) in [5, 5.41) is 0.874. The standard InChI is InChI=1S/C18H20N2O2S3/c1-5-14-8-6-7-9-15(14)20-25(21,22)17-10-16(23-13(17)4)18-19-11(2)12(3)24-18/h6-10,20H,5H2,1-4H3. The van der Waals surface area contributed by atoms with Gasteiger partial charge in [-0.3, -0.25) is 4.72 Å². The van der Waals surface area contributed by atoms with E-state index in [-0.39, 0.29) is 0 Å². The van der Waals surface area contributed by atoms with Gasteiger partial charge in [0.05, 0.1) is 16.3 Å². The Hall–Kier alpha value is -1.70. The molecule has 0 unspecified atom stereocenters. The van der Waals surface area contributed by atoms with E-state index in [4.69, 9.17) is 0 Å². The minimum atomic E-state index is -3.63. The van der Waals surface area contributed by atoms with Crippen LogP contribution in [0.25, 0.3) is 9.88 Å². The lowest BCUT2D eigenvalue weighted by molar-refractivity contribution is 0.601. The molecule has 7 heteroatoms. The summed E-state index contributed by atoms with van der Waals surface area (Å²) >= 11 is 3.06. The van der Waals surface area contributed by atoms with Gasteiger partial charge in [-0.2, -0.15) is 0 Å². The molecule has 2 aromatic heterocycles. The molecule has 0 aliphatic rings. The molecule has 1 N–H and O–H groups in total. The molecule has 0 spiro atoms. The molecule has 0 atom stereocenters. The second-order valence-electron chi connectivity index (χ2n) is 5.81. The molecule has 0 aliphatic carbocycles. The molecule has 3 rings (SSSR count). The Labute approximate surface area is 156 Å². The van der Waals surface area contributed by atoms with E-state index >= 15 is 0 Å². The molecule has 0 aliphatic heterocycles. The van der Waals surface area contributed by atoms with E-state index < -0.39 is 10.0 Å². The maximum atomic E-state index is 12.9. The van der Waals surface area contributed by atoms with E-state index in [1.54, 1.807) is 23.5 Å². The Kier molecular flexibility index (Phi) is 4.99. The fraction of sp³-hybridized carbons (Fsp3) is 0.278. The second kappa shape index (κ2) is 6.90. The molecule has 0 amide bonds. The van der Waals surface area contributed by atoms with Crippen molar-refractivity contribution in [1.29, 1.82) is 0 Å². The van der Waals surface area contributed by atoms with E-state index in [9.17, 15) is 8.42 Å². The van der Waals surface area contributed by atoms with Crippen molar-refractivity contribution in [2.24, 2.45) is 0 Å². The number of nitrogens with zero attached hydrogens (tertiary/aromatic N) is 1. The Morgan fingerprint density at radius 2 is 1.80 bits per heavy atom. The van der Waals surface area contributed by atoms with E-state index in [1.165, 1.54) is 11.3 Å². The molecule has 3 aromatic rings. The lowest BCUT2D eigenvalue weighted by atomic mass is 10.1. The van der Waals surface area contributed by atoms with E-state index in [1.807, 2.05) is 45.9 Å². The molecule has 2 heterocycles. The minimum Gasteiger partial charge on any atom is -0.279 e. The van der Waals surface area contributed by atoms with Gasteiger partial charge in [0.2, 0.25) is 0 Å². The molecular weight excluding hydrogens is 372 g/mol. The van der Waals surface area contributed by atoms with Crippen molar-refractivity contribution >= 4 is 38.4 Å². The number of aryl methyl sites for hydroxylation is 4. The van der Waals surface area contributed by atoms with Crippen LogP contribution in [0, 0.1) is 20.8 Å². The Balaban J connectivity index is 1.98. The number of aromatic nitrogens is 1. The van der Waals surface area contributed by atoms with Gasteiger partial charge in [0, 0.05) is 9.75 Å². The van der Waals surface area contributed by atoms with Crippen molar-refractivity contribution in [1.82, 2.24) is 4.98 Å².